The number of carbonyl (C=O) groups excluding carboxylic acids is 2. The smallest absolute Gasteiger partial charge is 0.245 e. The number of ether oxygens (including phenoxy) is 1. The minimum atomic E-state index is -0.599. The third kappa shape index (κ3) is 4.52. The first-order valence-corrected chi connectivity index (χ1v) is 10.2. The van der Waals surface area contributed by atoms with Gasteiger partial charge in [-0.1, -0.05) is 57.5 Å². The lowest BCUT2D eigenvalue weighted by atomic mass is 9.83. The molecule has 2 fully saturated rings. The first-order chi connectivity index (χ1) is 12.9. The topological polar surface area (TPSA) is 58.6 Å². The second-order valence-corrected chi connectivity index (χ2v) is 8.54. The molecule has 2 aliphatic rings. The maximum Gasteiger partial charge on any atom is 0.245 e. The van der Waals surface area contributed by atoms with Gasteiger partial charge in [-0.05, 0) is 36.7 Å². The molecule has 3 rings (SSSR count). The molecule has 148 valence electrons. The Morgan fingerprint density at radius 1 is 1.30 bits per heavy atom. The number of carbonyl (C=O) groups is 2. The Morgan fingerprint density at radius 2 is 2.04 bits per heavy atom. The van der Waals surface area contributed by atoms with E-state index >= 15 is 0 Å². The standard InChI is InChI=1S/C22H32N2O3/c1-16(2)12-20(25)24-19(15-27-22(24)11-7-8-17(3)13-22)21(26)23-14-18-9-5-4-6-10-18/h4-6,9-10,16-17,19H,7-8,11-15H2,1-3H3,(H,23,26)/t17-,19-,22+/m0/s1. The van der Waals surface area contributed by atoms with Crippen LogP contribution in [0.2, 0.25) is 0 Å². The van der Waals surface area contributed by atoms with Gasteiger partial charge < -0.3 is 10.1 Å². The molecule has 3 atom stereocenters. The van der Waals surface area contributed by atoms with Gasteiger partial charge in [0.25, 0.3) is 0 Å². The minimum Gasteiger partial charge on any atom is -0.353 e. The summed E-state index contributed by atoms with van der Waals surface area (Å²) in [5.74, 6) is 0.672. The normalized spacial score (nSPS) is 27.9. The van der Waals surface area contributed by atoms with Crippen LogP contribution < -0.4 is 5.32 Å². The van der Waals surface area contributed by atoms with Crippen LogP contribution in [0.4, 0.5) is 0 Å². The summed E-state index contributed by atoms with van der Waals surface area (Å²) in [4.78, 5) is 27.8. The highest BCUT2D eigenvalue weighted by Gasteiger charge is 2.53. The van der Waals surface area contributed by atoms with E-state index in [1.54, 1.807) is 4.90 Å². The molecule has 1 aromatic carbocycles. The van der Waals surface area contributed by atoms with E-state index in [9.17, 15) is 9.59 Å². The van der Waals surface area contributed by atoms with Crippen molar-refractivity contribution in [2.75, 3.05) is 6.61 Å². The molecule has 0 radical (unpaired) electrons. The lowest BCUT2D eigenvalue weighted by Crippen LogP contribution is -2.57. The van der Waals surface area contributed by atoms with Crippen LogP contribution in [0.3, 0.4) is 0 Å². The van der Waals surface area contributed by atoms with Gasteiger partial charge in [0.1, 0.15) is 11.8 Å². The van der Waals surface area contributed by atoms with E-state index in [0.717, 1.165) is 31.2 Å². The third-order valence-electron chi connectivity index (χ3n) is 5.66. The quantitative estimate of drug-likeness (QED) is 0.861. The lowest BCUT2D eigenvalue weighted by Gasteiger charge is -2.43. The van der Waals surface area contributed by atoms with Crippen molar-refractivity contribution >= 4 is 11.8 Å². The Morgan fingerprint density at radius 3 is 2.70 bits per heavy atom. The highest BCUT2D eigenvalue weighted by molar-refractivity contribution is 5.89. The van der Waals surface area contributed by atoms with Gasteiger partial charge in [-0.2, -0.15) is 0 Å². The monoisotopic (exact) mass is 372 g/mol. The zero-order valence-electron chi connectivity index (χ0n) is 16.7. The number of hydrogen-bond acceptors (Lipinski definition) is 3. The van der Waals surface area contributed by atoms with Crippen LogP contribution >= 0.6 is 0 Å². The fourth-order valence-corrected chi connectivity index (χ4v) is 4.43. The zero-order valence-corrected chi connectivity index (χ0v) is 16.7. The minimum absolute atomic E-state index is 0.0384. The van der Waals surface area contributed by atoms with E-state index in [-0.39, 0.29) is 24.3 Å². The Kier molecular flexibility index (Phi) is 6.20. The first kappa shape index (κ1) is 19.9. The molecule has 1 heterocycles. The summed E-state index contributed by atoms with van der Waals surface area (Å²) in [6, 6.07) is 9.30. The molecule has 5 heteroatoms. The van der Waals surface area contributed by atoms with Gasteiger partial charge >= 0.3 is 0 Å². The fourth-order valence-electron chi connectivity index (χ4n) is 4.43. The molecule has 5 nitrogen and oxygen atoms in total. The maximum atomic E-state index is 13.1. The molecule has 0 aromatic heterocycles. The van der Waals surface area contributed by atoms with Crippen LogP contribution in [0.15, 0.2) is 30.3 Å². The van der Waals surface area contributed by atoms with E-state index in [0.29, 0.717) is 18.9 Å². The predicted octanol–water partition coefficient (Wildman–Crippen LogP) is 3.48. The van der Waals surface area contributed by atoms with Crippen molar-refractivity contribution in [2.24, 2.45) is 11.8 Å². The average Bonchev–Trinajstić information content (AvgIpc) is 2.98. The molecular weight excluding hydrogens is 340 g/mol. The van der Waals surface area contributed by atoms with Crippen molar-refractivity contribution < 1.29 is 14.3 Å². The number of hydrogen-bond donors (Lipinski definition) is 1. The van der Waals surface area contributed by atoms with Crippen LogP contribution in [0.5, 0.6) is 0 Å². The summed E-state index contributed by atoms with van der Waals surface area (Å²) in [6.45, 7) is 7.03. The summed E-state index contributed by atoms with van der Waals surface area (Å²) < 4.78 is 6.20. The van der Waals surface area contributed by atoms with Crippen LogP contribution in [0.1, 0.15) is 58.4 Å². The van der Waals surface area contributed by atoms with Crippen molar-refractivity contribution in [3.63, 3.8) is 0 Å². The van der Waals surface area contributed by atoms with Crippen LogP contribution in [-0.4, -0.2) is 35.1 Å². The van der Waals surface area contributed by atoms with Crippen molar-refractivity contribution in [1.29, 1.82) is 0 Å². The van der Waals surface area contributed by atoms with Gasteiger partial charge in [-0.3, -0.25) is 14.5 Å². The Labute approximate surface area is 162 Å². The van der Waals surface area contributed by atoms with Crippen molar-refractivity contribution in [3.8, 4) is 0 Å². The van der Waals surface area contributed by atoms with Gasteiger partial charge in [0.05, 0.1) is 6.61 Å². The molecule has 1 spiro atoms. The van der Waals surface area contributed by atoms with Crippen molar-refractivity contribution in [3.05, 3.63) is 35.9 Å². The van der Waals surface area contributed by atoms with Crippen molar-refractivity contribution in [1.82, 2.24) is 10.2 Å². The highest BCUT2D eigenvalue weighted by atomic mass is 16.5. The molecular formula is C22H32N2O3. The SMILES string of the molecule is CC(C)CC(=O)N1[C@H](C(=O)NCc2ccccc2)CO[C@@]12CCC[C@H](C)C2. The predicted molar refractivity (Wildman–Crippen MR) is 105 cm³/mol. The molecule has 2 amide bonds. The summed E-state index contributed by atoms with van der Waals surface area (Å²) in [7, 11) is 0. The number of nitrogens with zero attached hydrogens (tertiary/aromatic N) is 1. The molecule has 0 unspecified atom stereocenters. The molecule has 0 bridgehead atoms. The van der Waals surface area contributed by atoms with E-state index in [1.165, 1.54) is 0 Å². The number of benzene rings is 1. The van der Waals surface area contributed by atoms with Gasteiger partial charge in [0.2, 0.25) is 11.8 Å². The average molecular weight is 373 g/mol. The Hall–Kier alpha value is -1.88. The Bertz CT molecular complexity index is 661. The summed E-state index contributed by atoms with van der Waals surface area (Å²) in [6.07, 6.45) is 4.28. The summed E-state index contributed by atoms with van der Waals surface area (Å²) >= 11 is 0. The van der Waals surface area contributed by atoms with Gasteiger partial charge in [-0.25, -0.2) is 0 Å². The number of nitrogens with one attached hydrogen (secondary N) is 1. The fraction of sp³-hybridized carbons (Fsp3) is 0.636. The molecule has 1 aromatic rings. The van der Waals surface area contributed by atoms with Gasteiger partial charge in [0.15, 0.2) is 0 Å². The largest absolute Gasteiger partial charge is 0.353 e. The summed E-state index contributed by atoms with van der Waals surface area (Å²) in [5, 5.41) is 3.00. The molecule has 1 saturated heterocycles. The van der Waals surface area contributed by atoms with E-state index in [4.69, 9.17) is 4.74 Å². The number of rotatable bonds is 5. The molecule has 1 N–H and O–H groups in total. The van der Waals surface area contributed by atoms with Crippen LogP contribution in [0, 0.1) is 11.8 Å². The second kappa shape index (κ2) is 8.42. The second-order valence-electron chi connectivity index (χ2n) is 8.54. The molecule has 1 saturated carbocycles. The molecule has 1 aliphatic heterocycles. The van der Waals surface area contributed by atoms with Gasteiger partial charge in [-0.15, -0.1) is 0 Å². The van der Waals surface area contributed by atoms with Crippen LogP contribution in [-0.2, 0) is 20.9 Å². The van der Waals surface area contributed by atoms with Crippen LogP contribution in [0.25, 0.3) is 0 Å². The van der Waals surface area contributed by atoms with Gasteiger partial charge in [0, 0.05) is 13.0 Å². The molecule has 27 heavy (non-hydrogen) atoms. The lowest BCUT2D eigenvalue weighted by molar-refractivity contribution is -0.163. The van der Waals surface area contributed by atoms with E-state index in [1.807, 2.05) is 44.2 Å². The third-order valence-corrected chi connectivity index (χ3v) is 5.66. The van der Waals surface area contributed by atoms with E-state index < -0.39 is 11.8 Å². The Balaban J connectivity index is 1.76. The molecule has 1 aliphatic carbocycles. The van der Waals surface area contributed by atoms with Crippen molar-refractivity contribution in [2.45, 2.75) is 71.2 Å². The maximum absolute atomic E-state index is 13.1. The zero-order chi connectivity index (χ0) is 19.4. The van der Waals surface area contributed by atoms with E-state index in [2.05, 4.69) is 12.2 Å². The first-order valence-electron chi connectivity index (χ1n) is 10.2. The summed E-state index contributed by atoms with van der Waals surface area (Å²) in [5.41, 5.74) is 0.448. The highest BCUT2D eigenvalue weighted by Crippen LogP contribution is 2.43. The number of amides is 2.